The zero-order chi connectivity index (χ0) is 13.9. The Morgan fingerprint density at radius 3 is 3.05 bits per heavy atom. The summed E-state index contributed by atoms with van der Waals surface area (Å²) < 4.78 is 7.03. The largest absolute Gasteiger partial charge is 0.490 e. The summed E-state index contributed by atoms with van der Waals surface area (Å²) in [5, 5.41) is 7.76. The Bertz CT molecular complexity index is 625. The number of para-hydroxylation sites is 2. The van der Waals surface area contributed by atoms with E-state index >= 15 is 0 Å². The average Bonchev–Trinajstić information content (AvgIpc) is 2.94. The molecule has 0 saturated carbocycles. The molecule has 1 aliphatic heterocycles. The summed E-state index contributed by atoms with van der Waals surface area (Å²) in [6.07, 6.45) is 1.68. The zero-order valence-electron chi connectivity index (χ0n) is 10.9. The van der Waals surface area contributed by atoms with Crippen molar-refractivity contribution >= 4 is 11.6 Å². The van der Waals surface area contributed by atoms with Crippen LogP contribution in [-0.2, 0) is 17.9 Å². The van der Waals surface area contributed by atoms with Crippen molar-refractivity contribution < 1.29 is 9.53 Å². The number of nitrogens with two attached hydrogens (primary N) is 1. The summed E-state index contributed by atoms with van der Waals surface area (Å²) in [6.45, 7) is 1.48. The van der Waals surface area contributed by atoms with Gasteiger partial charge in [0, 0.05) is 6.54 Å². The number of fused-ring (bicyclic) bond motifs is 1. The quantitative estimate of drug-likeness (QED) is 0.861. The molecule has 3 rings (SSSR count). The smallest absolute Gasteiger partial charge is 0.249 e. The Morgan fingerprint density at radius 1 is 1.40 bits per heavy atom. The topological polar surface area (TPSA) is 86.3 Å². The molecule has 104 valence electrons. The number of carbonyl (C=O) groups is 1. The third-order valence-corrected chi connectivity index (χ3v) is 3.12. The van der Waals surface area contributed by atoms with Crippen LogP contribution in [0.15, 0.2) is 30.5 Å². The Morgan fingerprint density at radius 2 is 2.25 bits per heavy atom. The van der Waals surface area contributed by atoms with Crippen molar-refractivity contribution in [3.8, 4) is 5.75 Å². The van der Waals surface area contributed by atoms with E-state index in [1.165, 1.54) is 4.68 Å². The fraction of sp³-hybridized carbons (Fsp3) is 0.308. The first-order valence-electron chi connectivity index (χ1n) is 6.39. The van der Waals surface area contributed by atoms with Gasteiger partial charge >= 0.3 is 0 Å². The molecule has 7 heteroatoms. The molecule has 0 unspecified atom stereocenters. The van der Waals surface area contributed by atoms with Gasteiger partial charge in [0.25, 0.3) is 0 Å². The Balaban J connectivity index is 1.78. The molecule has 0 atom stereocenters. The SMILES string of the molecule is NCc1cn(CC(=O)N2CCOc3ccccc32)nn1. The number of amides is 1. The Hall–Kier alpha value is -2.41. The summed E-state index contributed by atoms with van der Waals surface area (Å²) in [4.78, 5) is 14.1. The first-order chi connectivity index (χ1) is 9.78. The van der Waals surface area contributed by atoms with Gasteiger partial charge in [-0.3, -0.25) is 4.79 Å². The Labute approximate surface area is 115 Å². The van der Waals surface area contributed by atoms with Gasteiger partial charge in [-0.05, 0) is 12.1 Å². The molecule has 1 aromatic carbocycles. The predicted molar refractivity (Wildman–Crippen MR) is 72.2 cm³/mol. The van der Waals surface area contributed by atoms with Crippen molar-refractivity contribution in [3.05, 3.63) is 36.2 Å². The van der Waals surface area contributed by atoms with Crippen LogP contribution < -0.4 is 15.4 Å². The fourth-order valence-corrected chi connectivity index (χ4v) is 2.16. The van der Waals surface area contributed by atoms with E-state index < -0.39 is 0 Å². The fourth-order valence-electron chi connectivity index (χ4n) is 2.16. The van der Waals surface area contributed by atoms with E-state index in [0.717, 1.165) is 11.4 Å². The van der Waals surface area contributed by atoms with Crippen LogP contribution in [0, 0.1) is 0 Å². The van der Waals surface area contributed by atoms with Crippen molar-refractivity contribution in [2.45, 2.75) is 13.1 Å². The van der Waals surface area contributed by atoms with E-state index in [9.17, 15) is 4.79 Å². The van der Waals surface area contributed by atoms with Gasteiger partial charge in [-0.2, -0.15) is 0 Å². The van der Waals surface area contributed by atoms with E-state index in [1.807, 2.05) is 24.3 Å². The summed E-state index contributed by atoms with van der Waals surface area (Å²) in [7, 11) is 0. The zero-order valence-corrected chi connectivity index (χ0v) is 10.9. The third-order valence-electron chi connectivity index (χ3n) is 3.12. The standard InChI is InChI=1S/C13H15N5O2/c14-7-10-8-17(16-15-10)9-13(19)18-5-6-20-12-4-2-1-3-11(12)18/h1-4,8H,5-7,9,14H2. The van der Waals surface area contributed by atoms with Crippen LogP contribution in [-0.4, -0.2) is 34.1 Å². The number of ether oxygens (including phenoxy) is 1. The number of hydrogen-bond donors (Lipinski definition) is 1. The van der Waals surface area contributed by atoms with E-state index in [0.29, 0.717) is 25.4 Å². The minimum Gasteiger partial charge on any atom is -0.490 e. The number of anilines is 1. The number of nitrogens with zero attached hydrogens (tertiary/aromatic N) is 4. The van der Waals surface area contributed by atoms with Crippen molar-refractivity contribution in [1.29, 1.82) is 0 Å². The van der Waals surface area contributed by atoms with Crippen LogP contribution in [0.3, 0.4) is 0 Å². The second kappa shape index (κ2) is 5.30. The van der Waals surface area contributed by atoms with Crippen LogP contribution >= 0.6 is 0 Å². The van der Waals surface area contributed by atoms with E-state index in [4.69, 9.17) is 10.5 Å². The highest BCUT2D eigenvalue weighted by Crippen LogP contribution is 2.30. The molecule has 0 bridgehead atoms. The van der Waals surface area contributed by atoms with Crippen LogP contribution in [0.2, 0.25) is 0 Å². The molecular weight excluding hydrogens is 258 g/mol. The molecule has 1 aromatic heterocycles. The van der Waals surface area contributed by atoms with E-state index in [-0.39, 0.29) is 12.5 Å². The molecule has 0 radical (unpaired) electrons. The molecule has 0 spiro atoms. The summed E-state index contributed by atoms with van der Waals surface area (Å²) in [5.74, 6) is 0.683. The predicted octanol–water partition coefficient (Wildman–Crippen LogP) is 0.162. The minimum absolute atomic E-state index is 0.0470. The molecule has 1 amide bonds. The summed E-state index contributed by atoms with van der Waals surface area (Å²) in [5.41, 5.74) is 6.93. The maximum absolute atomic E-state index is 12.4. The van der Waals surface area contributed by atoms with Gasteiger partial charge in [0.05, 0.1) is 24.1 Å². The van der Waals surface area contributed by atoms with E-state index in [2.05, 4.69) is 10.3 Å². The number of aromatic nitrogens is 3. The van der Waals surface area contributed by atoms with Crippen molar-refractivity contribution in [3.63, 3.8) is 0 Å². The number of hydrogen-bond acceptors (Lipinski definition) is 5. The van der Waals surface area contributed by atoms with Crippen LogP contribution in [0.4, 0.5) is 5.69 Å². The highest BCUT2D eigenvalue weighted by Gasteiger charge is 2.23. The second-order valence-corrected chi connectivity index (χ2v) is 4.47. The van der Waals surface area contributed by atoms with Gasteiger partial charge in [-0.25, -0.2) is 4.68 Å². The maximum atomic E-state index is 12.4. The first-order valence-corrected chi connectivity index (χ1v) is 6.39. The van der Waals surface area contributed by atoms with Gasteiger partial charge in [0.1, 0.15) is 18.9 Å². The summed E-state index contributed by atoms with van der Waals surface area (Å²) in [6, 6.07) is 7.50. The molecule has 0 saturated heterocycles. The molecule has 0 aliphatic carbocycles. The lowest BCUT2D eigenvalue weighted by atomic mass is 10.2. The number of benzene rings is 1. The lowest BCUT2D eigenvalue weighted by Crippen LogP contribution is -2.39. The monoisotopic (exact) mass is 273 g/mol. The molecule has 20 heavy (non-hydrogen) atoms. The van der Waals surface area contributed by atoms with Crippen LogP contribution in [0.5, 0.6) is 5.75 Å². The normalized spacial score (nSPS) is 13.8. The molecule has 1 aliphatic rings. The van der Waals surface area contributed by atoms with Gasteiger partial charge in [0.2, 0.25) is 5.91 Å². The van der Waals surface area contributed by atoms with Crippen LogP contribution in [0.25, 0.3) is 0 Å². The van der Waals surface area contributed by atoms with E-state index in [1.54, 1.807) is 11.1 Å². The average molecular weight is 273 g/mol. The van der Waals surface area contributed by atoms with Gasteiger partial charge in [-0.1, -0.05) is 17.3 Å². The highest BCUT2D eigenvalue weighted by atomic mass is 16.5. The first kappa shape index (κ1) is 12.6. The Kier molecular flexibility index (Phi) is 3.34. The maximum Gasteiger partial charge on any atom is 0.249 e. The number of carbonyl (C=O) groups excluding carboxylic acids is 1. The third kappa shape index (κ3) is 2.35. The van der Waals surface area contributed by atoms with Crippen molar-refractivity contribution in [2.75, 3.05) is 18.1 Å². The van der Waals surface area contributed by atoms with Crippen LogP contribution in [0.1, 0.15) is 5.69 Å². The van der Waals surface area contributed by atoms with Crippen molar-refractivity contribution in [1.82, 2.24) is 15.0 Å². The second-order valence-electron chi connectivity index (χ2n) is 4.47. The molecule has 0 fully saturated rings. The van der Waals surface area contributed by atoms with Gasteiger partial charge in [0.15, 0.2) is 0 Å². The highest BCUT2D eigenvalue weighted by molar-refractivity contribution is 5.95. The lowest BCUT2D eigenvalue weighted by Gasteiger charge is -2.29. The summed E-state index contributed by atoms with van der Waals surface area (Å²) >= 11 is 0. The molecule has 2 heterocycles. The molecule has 2 aromatic rings. The van der Waals surface area contributed by atoms with Gasteiger partial charge in [-0.15, -0.1) is 5.10 Å². The van der Waals surface area contributed by atoms with Gasteiger partial charge < -0.3 is 15.4 Å². The molecule has 7 nitrogen and oxygen atoms in total. The molecule has 2 N–H and O–H groups in total. The van der Waals surface area contributed by atoms with Crippen molar-refractivity contribution in [2.24, 2.45) is 5.73 Å². The lowest BCUT2D eigenvalue weighted by molar-refractivity contribution is -0.119. The number of rotatable bonds is 3. The molecular formula is C13H15N5O2. The minimum atomic E-state index is -0.0470.